The average Bonchev–Trinajstić information content (AvgIpc) is 2.81. The van der Waals surface area contributed by atoms with E-state index in [1.165, 1.54) is 12.0 Å². The van der Waals surface area contributed by atoms with Crippen molar-refractivity contribution in [2.24, 2.45) is 0 Å². The third-order valence-corrected chi connectivity index (χ3v) is 6.82. The van der Waals surface area contributed by atoms with Gasteiger partial charge >= 0.3 is 0 Å². The van der Waals surface area contributed by atoms with Crippen molar-refractivity contribution in [1.82, 2.24) is 10.2 Å². The molecule has 9 heteroatoms. The van der Waals surface area contributed by atoms with Crippen LogP contribution in [0.25, 0.3) is 0 Å². The van der Waals surface area contributed by atoms with Crippen LogP contribution in [-0.2, 0) is 26.2 Å². The van der Waals surface area contributed by atoms with Gasteiger partial charge in [-0.2, -0.15) is 0 Å². The zero-order valence-electron chi connectivity index (χ0n) is 21.5. The summed E-state index contributed by atoms with van der Waals surface area (Å²) in [5.41, 5.74) is 3.03. The molecule has 0 bridgehead atoms. The number of sulfonamides is 1. The minimum Gasteiger partial charge on any atom is -0.495 e. The summed E-state index contributed by atoms with van der Waals surface area (Å²) in [6.07, 6.45) is 2.21. The van der Waals surface area contributed by atoms with Crippen molar-refractivity contribution in [3.05, 3.63) is 59.2 Å². The van der Waals surface area contributed by atoms with Crippen molar-refractivity contribution < 1.29 is 22.7 Å². The highest BCUT2D eigenvalue weighted by Gasteiger charge is 2.32. The Morgan fingerprint density at radius 1 is 1.03 bits per heavy atom. The first-order valence-corrected chi connectivity index (χ1v) is 13.6. The van der Waals surface area contributed by atoms with Crippen molar-refractivity contribution >= 4 is 27.5 Å². The van der Waals surface area contributed by atoms with Gasteiger partial charge in [0.15, 0.2) is 0 Å². The van der Waals surface area contributed by atoms with Gasteiger partial charge in [-0.15, -0.1) is 0 Å². The van der Waals surface area contributed by atoms with E-state index < -0.39 is 28.5 Å². The summed E-state index contributed by atoms with van der Waals surface area (Å²) in [4.78, 5) is 28.1. The average molecular weight is 504 g/mol. The highest BCUT2D eigenvalue weighted by molar-refractivity contribution is 7.92. The van der Waals surface area contributed by atoms with E-state index in [4.69, 9.17) is 4.74 Å². The first kappa shape index (κ1) is 28.2. The Morgan fingerprint density at radius 2 is 1.66 bits per heavy atom. The van der Waals surface area contributed by atoms with E-state index in [9.17, 15) is 18.0 Å². The van der Waals surface area contributed by atoms with E-state index in [0.717, 1.165) is 33.7 Å². The molecule has 0 heterocycles. The third kappa shape index (κ3) is 7.71. The van der Waals surface area contributed by atoms with Gasteiger partial charge in [0.1, 0.15) is 18.3 Å². The fourth-order valence-electron chi connectivity index (χ4n) is 3.77. The lowest BCUT2D eigenvalue weighted by Crippen LogP contribution is -2.52. The Labute approximate surface area is 209 Å². The molecule has 0 aliphatic rings. The number of carbonyl (C=O) groups is 2. The number of nitrogens with one attached hydrogen (secondary N) is 1. The van der Waals surface area contributed by atoms with Crippen LogP contribution in [0.2, 0.25) is 0 Å². The molecule has 0 aromatic heterocycles. The number of carbonyl (C=O) groups excluding carboxylic acids is 2. The van der Waals surface area contributed by atoms with E-state index in [0.29, 0.717) is 18.7 Å². The molecule has 0 spiro atoms. The summed E-state index contributed by atoms with van der Waals surface area (Å²) in [5.74, 6) is -0.390. The fourth-order valence-corrected chi connectivity index (χ4v) is 4.61. The summed E-state index contributed by atoms with van der Waals surface area (Å²) < 4.78 is 32.0. The molecule has 0 fully saturated rings. The van der Waals surface area contributed by atoms with Crippen LogP contribution < -0.4 is 14.4 Å². The lowest BCUT2D eigenvalue weighted by molar-refractivity contribution is -0.140. The van der Waals surface area contributed by atoms with Gasteiger partial charge in [-0.3, -0.25) is 13.9 Å². The van der Waals surface area contributed by atoms with Crippen LogP contribution in [0, 0.1) is 13.8 Å². The number of aryl methyl sites for hydroxylation is 2. The van der Waals surface area contributed by atoms with Crippen molar-refractivity contribution in [2.45, 2.75) is 53.1 Å². The van der Waals surface area contributed by atoms with Gasteiger partial charge in [0.25, 0.3) is 0 Å². The van der Waals surface area contributed by atoms with E-state index in [-0.39, 0.29) is 18.1 Å². The Balaban J connectivity index is 2.48. The highest BCUT2D eigenvalue weighted by atomic mass is 32.2. The number of ether oxygens (including phenoxy) is 1. The van der Waals surface area contributed by atoms with Gasteiger partial charge in [0.2, 0.25) is 21.8 Å². The zero-order chi connectivity index (χ0) is 26.2. The number of hydrogen-bond donors (Lipinski definition) is 1. The van der Waals surface area contributed by atoms with Crippen molar-refractivity contribution in [1.29, 1.82) is 0 Å². The van der Waals surface area contributed by atoms with Crippen LogP contribution >= 0.6 is 0 Å². The van der Waals surface area contributed by atoms with Gasteiger partial charge < -0.3 is 15.0 Å². The molecular weight excluding hydrogens is 466 g/mol. The molecule has 2 amide bonds. The fraction of sp³-hybridized carbons (Fsp3) is 0.462. The van der Waals surface area contributed by atoms with Crippen molar-refractivity contribution in [2.75, 3.05) is 30.8 Å². The lowest BCUT2D eigenvalue weighted by Gasteiger charge is -2.33. The van der Waals surface area contributed by atoms with Crippen LogP contribution in [0.15, 0.2) is 42.5 Å². The first-order chi connectivity index (χ1) is 16.5. The quantitative estimate of drug-likeness (QED) is 0.479. The van der Waals surface area contributed by atoms with Crippen LogP contribution in [0.1, 0.15) is 43.4 Å². The molecule has 0 saturated carbocycles. The number of benzene rings is 2. The zero-order valence-corrected chi connectivity index (χ0v) is 22.3. The molecule has 0 aliphatic heterocycles. The van der Waals surface area contributed by atoms with Gasteiger partial charge in [-0.05, 0) is 49.9 Å². The van der Waals surface area contributed by atoms with E-state index in [1.54, 1.807) is 18.2 Å². The monoisotopic (exact) mass is 503 g/mol. The molecule has 8 nitrogen and oxygen atoms in total. The number of hydrogen-bond acceptors (Lipinski definition) is 5. The van der Waals surface area contributed by atoms with Gasteiger partial charge in [-0.1, -0.05) is 49.7 Å². The molecule has 2 aromatic carbocycles. The molecule has 2 rings (SSSR count). The standard InChI is InChI=1S/C26H37N3O5S/c1-7-15-27-26(31)22(8-2)28(17-21-12-9-19(3)10-13-21)25(30)18-29(35(6,32)33)23-16-20(4)11-14-24(23)34-5/h9-14,16,22H,7-8,15,17-18H2,1-6H3,(H,27,31)/t22-/m0/s1. The minimum absolute atomic E-state index is 0.180. The predicted molar refractivity (Wildman–Crippen MR) is 139 cm³/mol. The number of nitrogens with zero attached hydrogens (tertiary/aromatic N) is 2. The maximum atomic E-state index is 13.7. The maximum Gasteiger partial charge on any atom is 0.244 e. The van der Waals surface area contributed by atoms with E-state index in [1.807, 2.05) is 52.0 Å². The third-order valence-electron chi connectivity index (χ3n) is 5.69. The first-order valence-electron chi connectivity index (χ1n) is 11.8. The van der Waals surface area contributed by atoms with E-state index >= 15 is 0 Å². The second-order valence-electron chi connectivity index (χ2n) is 8.67. The molecule has 0 radical (unpaired) electrons. The van der Waals surface area contributed by atoms with Crippen LogP contribution in [0.4, 0.5) is 5.69 Å². The molecule has 192 valence electrons. The summed E-state index contributed by atoms with van der Waals surface area (Å²) in [6, 6.07) is 12.1. The molecule has 2 aromatic rings. The lowest BCUT2D eigenvalue weighted by atomic mass is 10.1. The van der Waals surface area contributed by atoms with Crippen LogP contribution in [0.5, 0.6) is 5.75 Å². The van der Waals surface area contributed by atoms with Crippen molar-refractivity contribution in [3.8, 4) is 5.75 Å². The summed E-state index contributed by atoms with van der Waals surface area (Å²) in [5, 5.41) is 2.87. The Kier molecular flexibility index (Phi) is 10.1. The summed E-state index contributed by atoms with van der Waals surface area (Å²) in [7, 11) is -2.39. The number of amides is 2. The number of methoxy groups -OCH3 is 1. The Morgan fingerprint density at radius 3 is 2.20 bits per heavy atom. The highest BCUT2D eigenvalue weighted by Crippen LogP contribution is 2.31. The number of anilines is 1. The topological polar surface area (TPSA) is 96.0 Å². The maximum absolute atomic E-state index is 13.7. The van der Waals surface area contributed by atoms with E-state index in [2.05, 4.69) is 5.32 Å². The summed E-state index contributed by atoms with van der Waals surface area (Å²) in [6.45, 7) is 7.82. The molecule has 1 N–H and O–H groups in total. The van der Waals surface area contributed by atoms with Gasteiger partial charge in [0, 0.05) is 13.1 Å². The molecular formula is C26H37N3O5S. The Hall–Kier alpha value is -3.07. The van der Waals surface area contributed by atoms with Crippen molar-refractivity contribution in [3.63, 3.8) is 0 Å². The molecule has 0 unspecified atom stereocenters. The molecule has 0 aliphatic carbocycles. The second-order valence-corrected chi connectivity index (χ2v) is 10.6. The molecule has 1 atom stereocenters. The van der Waals surface area contributed by atoms with Gasteiger partial charge in [0.05, 0.1) is 19.1 Å². The predicted octanol–water partition coefficient (Wildman–Crippen LogP) is 3.41. The number of rotatable bonds is 12. The smallest absolute Gasteiger partial charge is 0.244 e. The van der Waals surface area contributed by atoms with Crippen LogP contribution in [0.3, 0.4) is 0 Å². The minimum atomic E-state index is -3.84. The van der Waals surface area contributed by atoms with Crippen LogP contribution in [-0.4, -0.2) is 57.6 Å². The second kappa shape index (κ2) is 12.6. The largest absolute Gasteiger partial charge is 0.495 e. The van der Waals surface area contributed by atoms with Gasteiger partial charge in [-0.25, -0.2) is 8.42 Å². The normalized spacial score (nSPS) is 12.1. The summed E-state index contributed by atoms with van der Waals surface area (Å²) >= 11 is 0. The molecule has 0 saturated heterocycles. The Bertz CT molecular complexity index is 1120. The SMILES string of the molecule is CCCNC(=O)[C@H](CC)N(Cc1ccc(C)cc1)C(=O)CN(c1cc(C)ccc1OC)S(C)(=O)=O. The molecule has 35 heavy (non-hydrogen) atoms.